The first-order valence-corrected chi connectivity index (χ1v) is 45.9. The molecular weight excluding hydrogens is 1810 g/mol. The van der Waals surface area contributed by atoms with Gasteiger partial charge in [0, 0.05) is 120 Å². The molecule has 6 aromatic rings. The minimum atomic E-state index is -2.76. The topological polar surface area (TPSA) is 722 Å². The van der Waals surface area contributed by atoms with Crippen LogP contribution in [0.1, 0.15) is 129 Å². The number of para-hydroxylation sites is 1. The number of esters is 1. The van der Waals surface area contributed by atoms with Gasteiger partial charge in [-0.1, -0.05) is 65.8 Å². The van der Waals surface area contributed by atoms with E-state index in [1.165, 1.54) is 44.7 Å². The fraction of sp³-hybridized carbons (Fsp3) is 0.500. The van der Waals surface area contributed by atoms with E-state index in [1.807, 2.05) is 61.6 Å². The van der Waals surface area contributed by atoms with Gasteiger partial charge in [-0.15, -0.1) is 0 Å². The summed E-state index contributed by atoms with van der Waals surface area (Å²) in [5, 5.41) is 116. The standard InChI is InChI=1S/C86H109N21O26S2/c1-6-82(129)35-42-36-85(78(127)132-5,64-47(21-26-106(39-42)41-82)46-12-8-9-13-50(46)95-64)49-30-48-57(34-58(49)131-4)105(3)75-84(48)23-27-107-25-11-22-83(7-2,74(84)107)76(125)86(75,130)77(126)103-104-81(128)133-28-29-134-135-40-56(73(123)124)100-70(119)55(33-62(113)114)99-69(118)54(32-61(111)112)98-67(116)51(14-10-24-90-79(87)88)96-68(117)53(31-60(109)110)94-59(108)20-19-52(72(121)122)97-66(115)43-15-17-44(18-16-43)91-37-45-38-92-65-63(93-45)71(120)102-80(89)101-65/h8-9,11-13,15-18,22,30,34,38,42,51-56,74-76,91,95,125,129-130H,6-7,10,14,19-21,23-29,31-33,35-37,39-41H2,1-5H3,(H,94,108)(H,96,117)(H,97,115)(H,98,116)(H,99,118)(H,100,119)(H,103,126)(H,104,128)(H,109,110)(H,111,112)(H,113,114)(H,121,122)(H,123,124)(H4,87,88,90)(H3,89,92,101,102,120)/t42-,51+,52+,53+,54+,55+,56+,74-,75+,76+,82-,83+,84+,85-,86-/m1/s1. The fourth-order valence-corrected chi connectivity index (χ4v) is 21.8. The highest BCUT2D eigenvalue weighted by Gasteiger charge is 2.79. The number of H-pyrrole nitrogens is 2. The molecule has 0 radical (unpaired) electrons. The number of hydrogen-bond donors (Lipinski definition) is 23. The van der Waals surface area contributed by atoms with Crippen LogP contribution in [0.3, 0.4) is 0 Å². The number of benzene rings is 3. The number of likely N-dealkylation sites (N-methyl/N-ethyl adjacent to an activating group) is 1. The maximum Gasteiger partial charge on any atom is 0.426 e. The maximum absolute atomic E-state index is 15.7. The van der Waals surface area contributed by atoms with Crippen LogP contribution in [0, 0.1) is 16.7 Å². The number of aliphatic hydroxyl groups is 3. The highest BCUT2D eigenvalue weighted by Crippen LogP contribution is 2.68. The number of anilines is 3. The molecule has 49 heteroatoms. The van der Waals surface area contributed by atoms with Gasteiger partial charge in [-0.2, -0.15) is 4.98 Å². The molecule has 2 bridgehead atoms. The third-order valence-electron chi connectivity index (χ3n) is 25.9. The average Bonchev–Trinajstić information content (AvgIpc) is 1.48. The zero-order valence-electron chi connectivity index (χ0n) is 74.1. The number of methoxy groups -OCH3 is 2. The average molecular weight is 1920 g/mol. The van der Waals surface area contributed by atoms with Crippen molar-refractivity contribution in [1.29, 1.82) is 5.41 Å². The number of nitrogen functional groups attached to an aromatic ring is 1. The van der Waals surface area contributed by atoms with Crippen molar-refractivity contribution in [3.63, 3.8) is 0 Å². The number of nitrogens with zero attached hydrogens (tertiary/aromatic N) is 6. The largest absolute Gasteiger partial charge is 0.496 e. The first-order chi connectivity index (χ1) is 64.2. The van der Waals surface area contributed by atoms with Crippen LogP contribution in [0.15, 0.2) is 83.8 Å². The molecule has 1 spiro atoms. The predicted molar refractivity (Wildman–Crippen MR) is 484 cm³/mol. The zero-order valence-corrected chi connectivity index (χ0v) is 75.8. The lowest BCUT2D eigenvalue weighted by Gasteiger charge is -2.63. The number of nitrogens with two attached hydrogens (primary N) is 2. The van der Waals surface area contributed by atoms with Crippen molar-refractivity contribution >= 4 is 150 Å². The van der Waals surface area contributed by atoms with Gasteiger partial charge in [0.1, 0.15) is 60.1 Å². The van der Waals surface area contributed by atoms with Crippen molar-refractivity contribution in [2.45, 2.75) is 180 Å². The third-order valence-corrected chi connectivity index (χ3v) is 28.2. The van der Waals surface area contributed by atoms with Gasteiger partial charge in [0.25, 0.3) is 17.4 Å². The van der Waals surface area contributed by atoms with Crippen molar-refractivity contribution in [3.05, 3.63) is 123 Å². The van der Waals surface area contributed by atoms with Crippen LogP contribution in [0.4, 0.5) is 22.1 Å². The van der Waals surface area contributed by atoms with Crippen molar-refractivity contribution in [3.8, 4) is 5.75 Å². The molecule has 6 aliphatic rings. The molecule has 25 N–H and O–H groups in total. The first-order valence-electron chi connectivity index (χ1n) is 43.4. The van der Waals surface area contributed by atoms with E-state index >= 15 is 9.59 Å². The normalized spacial score (nSPS) is 23.7. The Bertz CT molecular complexity index is 5690. The summed E-state index contributed by atoms with van der Waals surface area (Å²) in [6.45, 7) is 5.78. The summed E-state index contributed by atoms with van der Waals surface area (Å²) in [4.78, 5) is 226. The molecule has 12 rings (SSSR count). The Kier molecular flexibility index (Phi) is 31.6. The van der Waals surface area contributed by atoms with Gasteiger partial charge in [0.2, 0.25) is 35.5 Å². The Labute approximate surface area is 777 Å². The SMILES string of the molecule is CC[C@@]1(O)C[C@H]2CN(CCc3c([nH]c4ccccc34)[C@](C(=O)OC)(c3cc4c(cc3OC)N(C)[C@@H]3[C@](O)(C(=O)NNC(=O)OCCSSC[C@H](NC(=O)[C@H](CC(=O)O)NC(=O)[C@H](CC(=O)O)NC(=O)[C@H](CCCNC(=N)N)NC(=O)[C@H](CC(=O)O)NC(=O)CC[C@H](NC(=O)c5ccc(NCc6cnc7nc(N)[nH]c(=O)c7n6)cc5)C(=O)O)C(=O)O)[C@@H](O)[C@@]5(CC)C=CCN6CC[C@@]43[C@H]65)C2)C1. The molecule has 8 heterocycles. The molecule has 3 fully saturated rings. The minimum absolute atomic E-state index is 0.0223. The van der Waals surface area contributed by atoms with Gasteiger partial charge in [0.05, 0.1) is 63.6 Å². The van der Waals surface area contributed by atoms with Crippen molar-refractivity contribution in [1.82, 2.24) is 82.8 Å². The molecule has 1 saturated carbocycles. The number of carboxylic acids is 5. The number of aliphatic hydroxyl groups excluding tert-OH is 1. The number of piperidine rings is 1. The second-order valence-electron chi connectivity index (χ2n) is 34.2. The second-order valence-corrected chi connectivity index (χ2v) is 36.9. The Balaban J connectivity index is 0.657. The van der Waals surface area contributed by atoms with Gasteiger partial charge in [-0.05, 0) is 118 Å². The molecule has 1 unspecified atom stereocenters. The van der Waals surface area contributed by atoms with E-state index in [-0.39, 0.29) is 72.4 Å². The predicted octanol–water partition coefficient (Wildman–Crippen LogP) is -1.53. The lowest BCUT2D eigenvalue weighted by atomic mass is 9.47. The minimum Gasteiger partial charge on any atom is -0.496 e. The highest BCUT2D eigenvalue weighted by atomic mass is 33.1. The molecule has 5 aliphatic heterocycles. The summed E-state index contributed by atoms with van der Waals surface area (Å²) in [6, 6.07) is 3.36. The van der Waals surface area contributed by atoms with E-state index in [1.54, 1.807) is 18.0 Å². The van der Waals surface area contributed by atoms with Gasteiger partial charge in [-0.25, -0.2) is 29.8 Å². The van der Waals surface area contributed by atoms with Crippen LogP contribution in [0.2, 0.25) is 0 Å². The van der Waals surface area contributed by atoms with Crippen molar-refractivity contribution in [2.75, 3.05) is 94.6 Å². The quantitative estimate of drug-likeness (QED) is 0.00394. The van der Waals surface area contributed by atoms with Crippen LogP contribution in [-0.4, -0.2) is 309 Å². The zero-order chi connectivity index (χ0) is 97.9. The van der Waals surface area contributed by atoms with Gasteiger partial charge in [0.15, 0.2) is 22.7 Å². The summed E-state index contributed by atoms with van der Waals surface area (Å²) >= 11 is 0. The lowest BCUT2D eigenvalue weighted by molar-refractivity contribution is -0.204. The lowest BCUT2D eigenvalue weighted by Crippen LogP contribution is -2.82. The monoisotopic (exact) mass is 1920 g/mol. The molecule has 135 heavy (non-hydrogen) atoms. The van der Waals surface area contributed by atoms with E-state index in [4.69, 9.17) is 31.1 Å². The summed E-state index contributed by atoms with van der Waals surface area (Å²) in [7, 11) is 6.24. The number of aromatic nitrogens is 5. The Morgan fingerprint density at radius 1 is 0.733 bits per heavy atom. The number of aliphatic carboxylic acids is 5. The molecule has 16 atom stereocenters. The maximum atomic E-state index is 15.7. The number of carbonyl (C=O) groups is 14. The molecule has 47 nitrogen and oxygen atoms in total. The van der Waals surface area contributed by atoms with Crippen LogP contribution in [-0.2, 0) is 90.8 Å². The summed E-state index contributed by atoms with van der Waals surface area (Å²) < 4.78 is 17.8. The molecule has 3 aromatic heterocycles. The number of amides is 8. The van der Waals surface area contributed by atoms with Crippen LogP contribution < -0.4 is 80.0 Å². The highest BCUT2D eigenvalue weighted by molar-refractivity contribution is 8.76. The number of hydrogen-bond acceptors (Lipinski definition) is 32. The first kappa shape index (κ1) is 100. The van der Waals surface area contributed by atoms with Gasteiger partial charge >= 0.3 is 41.9 Å². The van der Waals surface area contributed by atoms with Gasteiger partial charge < -0.3 is 119 Å². The van der Waals surface area contributed by atoms with Crippen LogP contribution in [0.25, 0.3) is 22.1 Å². The molecule has 1 aliphatic carbocycles. The number of aromatic amines is 2. The van der Waals surface area contributed by atoms with Crippen molar-refractivity contribution in [2.24, 2.45) is 17.1 Å². The molecule has 2 saturated heterocycles. The summed E-state index contributed by atoms with van der Waals surface area (Å²) in [5.41, 5.74) is 11.5. The second kappa shape index (κ2) is 42.4. The Morgan fingerprint density at radius 2 is 1.39 bits per heavy atom. The van der Waals surface area contributed by atoms with Crippen LogP contribution in [0.5, 0.6) is 5.75 Å². The fourth-order valence-electron chi connectivity index (χ4n) is 19.9. The number of nitrogens with one attached hydrogen (secondary N) is 13. The molecule has 3 aromatic carbocycles. The number of carboxylic acid groups (broad SMARTS) is 5. The molecular formula is C86H109N21O26S2. The van der Waals surface area contributed by atoms with E-state index < -0.39 is 228 Å². The van der Waals surface area contributed by atoms with E-state index in [0.29, 0.717) is 92.3 Å². The van der Waals surface area contributed by atoms with E-state index in [0.717, 1.165) is 38.1 Å². The number of rotatable bonds is 41. The molecule has 8 amide bonds. The summed E-state index contributed by atoms with van der Waals surface area (Å²) in [6.07, 6.45) is -1.68. The van der Waals surface area contributed by atoms with Crippen LogP contribution >= 0.6 is 21.6 Å². The summed E-state index contributed by atoms with van der Waals surface area (Å²) in [5.74, 6) is -19.3. The molecule has 726 valence electrons. The van der Waals surface area contributed by atoms with E-state index in [2.05, 4.69) is 82.8 Å². The van der Waals surface area contributed by atoms with Gasteiger partial charge in [-0.3, -0.25) is 83.2 Å². The Morgan fingerprint density at radius 3 is 2.02 bits per heavy atom. The number of guanidine groups is 1. The van der Waals surface area contributed by atoms with Crippen molar-refractivity contribution < 1.29 is 122 Å². The van der Waals surface area contributed by atoms with E-state index in [9.17, 15) is 103 Å². The number of ether oxygens (including phenoxy) is 3. The number of fused-ring (bicyclic) bond motifs is 7. The number of carbonyl (C=O) groups excluding carboxylic acids is 9. The smallest absolute Gasteiger partial charge is 0.426 e. The Hall–Kier alpha value is -13.5. The number of hydrazine groups is 1. The third kappa shape index (κ3) is 21.5.